The first-order chi connectivity index (χ1) is 12.1. The molecular formula is C19H25NO4SSi. The summed E-state index contributed by atoms with van der Waals surface area (Å²) < 4.78 is 12.2. The van der Waals surface area contributed by atoms with Crippen LogP contribution in [0.1, 0.15) is 41.6 Å². The second-order valence-electron chi connectivity index (χ2n) is 8.11. The summed E-state index contributed by atoms with van der Waals surface area (Å²) in [7, 11) is -1.83. The fourth-order valence-corrected chi connectivity index (χ4v) is 4.53. The van der Waals surface area contributed by atoms with Gasteiger partial charge in [0.1, 0.15) is 16.3 Å². The van der Waals surface area contributed by atoms with Crippen LogP contribution in [0, 0.1) is 0 Å². The maximum absolute atomic E-state index is 11.3. The van der Waals surface area contributed by atoms with Crippen LogP contribution in [0.2, 0.25) is 18.1 Å². The number of aromatic nitrogens is 1. The number of pyridine rings is 1. The molecule has 0 aromatic carbocycles. The van der Waals surface area contributed by atoms with Gasteiger partial charge in [-0.3, -0.25) is 4.98 Å². The average Bonchev–Trinajstić information content (AvgIpc) is 2.89. The van der Waals surface area contributed by atoms with Crippen LogP contribution in [-0.4, -0.2) is 31.0 Å². The molecule has 0 saturated heterocycles. The third-order valence-corrected chi connectivity index (χ3v) is 10.8. The third kappa shape index (κ3) is 3.70. The molecule has 2 aromatic rings. The van der Waals surface area contributed by atoms with Crippen molar-refractivity contribution in [1.82, 2.24) is 4.98 Å². The molecule has 0 radical (unpaired) electrons. The molecule has 0 fully saturated rings. The normalized spacial score (nSPS) is 14.2. The summed E-state index contributed by atoms with van der Waals surface area (Å²) in [5.74, 6) is -0.191. The second-order valence-corrected chi connectivity index (χ2v) is 14.0. The zero-order valence-electron chi connectivity index (χ0n) is 15.9. The molecule has 0 amide bonds. The SMILES string of the molecule is CC(C)(C)[Si](C)(C)OCc1cnc2c(c1)OCCc1cc(C(=O)O)sc1-2. The Labute approximate surface area is 159 Å². The minimum atomic E-state index is -1.83. The zero-order chi connectivity index (χ0) is 19.1. The van der Waals surface area contributed by atoms with Crippen LogP contribution in [0.25, 0.3) is 10.6 Å². The van der Waals surface area contributed by atoms with Crippen molar-refractivity contribution >= 4 is 25.6 Å². The van der Waals surface area contributed by atoms with E-state index in [2.05, 4.69) is 38.8 Å². The highest BCUT2D eigenvalue weighted by Gasteiger charge is 2.37. The van der Waals surface area contributed by atoms with Gasteiger partial charge in [-0.1, -0.05) is 20.8 Å². The fraction of sp³-hybridized carbons (Fsp3) is 0.474. The number of thiophene rings is 1. The van der Waals surface area contributed by atoms with Crippen molar-refractivity contribution in [3.63, 3.8) is 0 Å². The fourth-order valence-electron chi connectivity index (χ4n) is 2.52. The third-order valence-electron chi connectivity index (χ3n) is 5.18. The number of carboxylic acids is 1. The van der Waals surface area contributed by atoms with E-state index in [1.165, 1.54) is 11.3 Å². The van der Waals surface area contributed by atoms with Crippen molar-refractivity contribution in [3.8, 4) is 16.3 Å². The number of ether oxygens (including phenoxy) is 1. The molecule has 2 aromatic heterocycles. The van der Waals surface area contributed by atoms with Gasteiger partial charge in [0.25, 0.3) is 0 Å². The molecule has 26 heavy (non-hydrogen) atoms. The molecule has 0 aliphatic carbocycles. The lowest BCUT2D eigenvalue weighted by atomic mass is 10.1. The van der Waals surface area contributed by atoms with Gasteiger partial charge in [0, 0.05) is 12.6 Å². The van der Waals surface area contributed by atoms with Crippen LogP contribution in [0.4, 0.5) is 0 Å². The number of nitrogens with zero attached hydrogens (tertiary/aromatic N) is 1. The monoisotopic (exact) mass is 391 g/mol. The summed E-state index contributed by atoms with van der Waals surface area (Å²) in [5, 5.41) is 9.41. The highest BCUT2D eigenvalue weighted by Crippen LogP contribution is 2.40. The van der Waals surface area contributed by atoms with Gasteiger partial charge >= 0.3 is 5.97 Å². The lowest BCUT2D eigenvalue weighted by molar-refractivity contribution is 0.0702. The van der Waals surface area contributed by atoms with Crippen molar-refractivity contribution < 1.29 is 19.1 Å². The van der Waals surface area contributed by atoms with E-state index in [-0.39, 0.29) is 5.04 Å². The Balaban J connectivity index is 1.87. The predicted molar refractivity (Wildman–Crippen MR) is 106 cm³/mol. The Bertz CT molecular complexity index is 839. The molecule has 5 nitrogen and oxygen atoms in total. The summed E-state index contributed by atoms with van der Waals surface area (Å²) in [6, 6.07) is 3.71. The predicted octanol–water partition coefficient (Wildman–Crippen LogP) is 4.97. The maximum atomic E-state index is 11.3. The zero-order valence-corrected chi connectivity index (χ0v) is 17.7. The Hall–Kier alpha value is -1.70. The first kappa shape index (κ1) is 19.1. The average molecular weight is 392 g/mol. The number of aromatic carboxylic acids is 1. The largest absolute Gasteiger partial charge is 0.491 e. The summed E-state index contributed by atoms with van der Waals surface area (Å²) in [5.41, 5.74) is 2.70. The first-order valence-corrected chi connectivity index (χ1v) is 12.4. The van der Waals surface area contributed by atoms with Crippen molar-refractivity contribution in [3.05, 3.63) is 34.3 Å². The van der Waals surface area contributed by atoms with E-state index in [4.69, 9.17) is 9.16 Å². The van der Waals surface area contributed by atoms with Gasteiger partial charge in [0.2, 0.25) is 0 Å². The highest BCUT2D eigenvalue weighted by atomic mass is 32.1. The molecule has 7 heteroatoms. The molecule has 1 N–H and O–H groups in total. The molecular weight excluding hydrogens is 366 g/mol. The quantitative estimate of drug-likeness (QED) is 0.746. The van der Waals surface area contributed by atoms with E-state index < -0.39 is 14.3 Å². The topological polar surface area (TPSA) is 68.7 Å². The van der Waals surface area contributed by atoms with E-state index >= 15 is 0 Å². The van der Waals surface area contributed by atoms with Gasteiger partial charge in [-0.25, -0.2) is 4.79 Å². The molecule has 3 heterocycles. The molecule has 0 saturated carbocycles. The van der Waals surface area contributed by atoms with E-state index in [1.807, 2.05) is 12.3 Å². The van der Waals surface area contributed by atoms with Crippen LogP contribution in [0.15, 0.2) is 18.3 Å². The molecule has 1 aliphatic rings. The number of rotatable bonds is 4. The number of fused-ring (bicyclic) bond motifs is 3. The standard InChI is InChI=1S/C19H25NO4SSi/c1-19(2,3)26(4,5)24-11-12-8-14-16(20-10-12)17-13(6-7-23-14)9-15(25-17)18(21)22/h8-10H,6-7,11H2,1-5H3,(H,21,22). The summed E-state index contributed by atoms with van der Waals surface area (Å²) in [6.07, 6.45) is 2.50. The Kier molecular flexibility index (Phi) is 4.98. The van der Waals surface area contributed by atoms with Crippen LogP contribution in [-0.2, 0) is 17.5 Å². The lowest BCUT2D eigenvalue weighted by Crippen LogP contribution is -2.40. The van der Waals surface area contributed by atoms with Crippen molar-refractivity contribution in [2.45, 2.75) is 51.9 Å². The maximum Gasteiger partial charge on any atom is 0.345 e. The number of carbonyl (C=O) groups is 1. The molecule has 3 rings (SSSR count). The highest BCUT2D eigenvalue weighted by molar-refractivity contribution is 7.17. The molecule has 0 atom stereocenters. The molecule has 0 spiro atoms. The lowest BCUT2D eigenvalue weighted by Gasteiger charge is -2.36. The molecule has 0 unspecified atom stereocenters. The van der Waals surface area contributed by atoms with Crippen LogP contribution in [0.3, 0.4) is 0 Å². The van der Waals surface area contributed by atoms with Gasteiger partial charge in [0.05, 0.1) is 18.1 Å². The van der Waals surface area contributed by atoms with Gasteiger partial charge in [-0.2, -0.15) is 0 Å². The van der Waals surface area contributed by atoms with E-state index in [0.29, 0.717) is 30.3 Å². The summed E-state index contributed by atoms with van der Waals surface area (Å²) in [4.78, 5) is 17.1. The van der Waals surface area contributed by atoms with Crippen molar-refractivity contribution in [2.75, 3.05) is 6.61 Å². The van der Waals surface area contributed by atoms with E-state index in [0.717, 1.165) is 21.7 Å². The van der Waals surface area contributed by atoms with E-state index in [9.17, 15) is 9.90 Å². The number of carboxylic acid groups (broad SMARTS) is 1. The minimum Gasteiger partial charge on any atom is -0.491 e. The van der Waals surface area contributed by atoms with E-state index in [1.54, 1.807) is 6.07 Å². The number of hydrogen-bond donors (Lipinski definition) is 1. The van der Waals surface area contributed by atoms with Crippen LogP contribution in [0.5, 0.6) is 5.75 Å². The van der Waals surface area contributed by atoms with Crippen molar-refractivity contribution in [1.29, 1.82) is 0 Å². The van der Waals surface area contributed by atoms with Crippen LogP contribution >= 0.6 is 11.3 Å². The molecule has 140 valence electrons. The Morgan fingerprint density at radius 1 is 1.38 bits per heavy atom. The first-order valence-electron chi connectivity index (χ1n) is 8.70. The van der Waals surface area contributed by atoms with Gasteiger partial charge in [0.15, 0.2) is 8.32 Å². The van der Waals surface area contributed by atoms with Gasteiger partial charge in [-0.15, -0.1) is 11.3 Å². The Morgan fingerprint density at radius 3 is 2.77 bits per heavy atom. The van der Waals surface area contributed by atoms with Gasteiger partial charge < -0.3 is 14.3 Å². The Morgan fingerprint density at radius 2 is 2.12 bits per heavy atom. The molecule has 1 aliphatic heterocycles. The number of hydrogen-bond acceptors (Lipinski definition) is 5. The second kappa shape index (κ2) is 6.79. The van der Waals surface area contributed by atoms with Gasteiger partial charge in [-0.05, 0) is 41.4 Å². The van der Waals surface area contributed by atoms with Crippen molar-refractivity contribution in [2.24, 2.45) is 0 Å². The van der Waals surface area contributed by atoms with Crippen LogP contribution < -0.4 is 4.74 Å². The summed E-state index contributed by atoms with van der Waals surface area (Å²) >= 11 is 1.26. The summed E-state index contributed by atoms with van der Waals surface area (Å²) in [6.45, 7) is 12.1. The smallest absolute Gasteiger partial charge is 0.345 e. The minimum absolute atomic E-state index is 0.154. The molecule has 0 bridgehead atoms.